The molecule has 19 heavy (non-hydrogen) atoms. The van der Waals surface area contributed by atoms with Crippen LogP contribution in [0.2, 0.25) is 0 Å². The van der Waals surface area contributed by atoms with E-state index in [1.54, 1.807) is 0 Å². The van der Waals surface area contributed by atoms with E-state index in [0.29, 0.717) is 32.6 Å². The lowest BCUT2D eigenvalue weighted by Crippen LogP contribution is -2.60. The van der Waals surface area contributed by atoms with E-state index in [0.717, 1.165) is 25.7 Å². The van der Waals surface area contributed by atoms with Gasteiger partial charge in [0.05, 0.1) is 5.54 Å². The van der Waals surface area contributed by atoms with Gasteiger partial charge in [-0.3, -0.25) is 4.79 Å². The highest BCUT2D eigenvalue weighted by Gasteiger charge is 2.37. The van der Waals surface area contributed by atoms with E-state index in [1.807, 2.05) is 0 Å². The molecule has 1 amide bonds. The van der Waals surface area contributed by atoms with E-state index in [-0.39, 0.29) is 11.4 Å². The lowest BCUT2D eigenvalue weighted by atomic mass is 9.88. The highest BCUT2D eigenvalue weighted by Crippen LogP contribution is 2.25. The number of hydrogen-bond acceptors (Lipinski definition) is 4. The monoisotopic (exact) mass is 269 g/mol. The first kappa shape index (κ1) is 14.8. The molecule has 0 aromatic rings. The summed E-state index contributed by atoms with van der Waals surface area (Å²) in [5.74, 6) is -0.0649. The molecule has 0 unspecified atom stereocenters. The van der Waals surface area contributed by atoms with Crippen LogP contribution >= 0.6 is 0 Å². The Morgan fingerprint density at radius 1 is 1.00 bits per heavy atom. The van der Waals surface area contributed by atoms with E-state index < -0.39 is 5.54 Å². The first-order valence-electron chi connectivity index (χ1n) is 7.48. The van der Waals surface area contributed by atoms with E-state index in [4.69, 9.17) is 16.2 Å². The van der Waals surface area contributed by atoms with Gasteiger partial charge in [-0.15, -0.1) is 0 Å². The number of hydrogen-bond donors (Lipinski definition) is 3. The molecule has 2 rings (SSSR count). The molecule has 1 aliphatic carbocycles. The second-order valence-corrected chi connectivity index (χ2v) is 6.23. The summed E-state index contributed by atoms with van der Waals surface area (Å²) in [6, 6.07) is 0. The average molecular weight is 269 g/mol. The standard InChI is InChI=1S/C14H27N3O2/c15-13(5-3-1-2-4-6-13)11-17-12(18)14(16)7-9-19-10-8-14/h1-11,15-16H2,(H,17,18). The Hall–Kier alpha value is -0.650. The van der Waals surface area contributed by atoms with Crippen molar-refractivity contribution in [1.82, 2.24) is 5.32 Å². The number of rotatable bonds is 3. The number of amides is 1. The van der Waals surface area contributed by atoms with E-state index in [2.05, 4.69) is 5.32 Å². The van der Waals surface area contributed by atoms with Gasteiger partial charge in [0.1, 0.15) is 0 Å². The number of nitrogens with one attached hydrogen (secondary N) is 1. The minimum atomic E-state index is -0.765. The van der Waals surface area contributed by atoms with Gasteiger partial charge in [-0.05, 0) is 25.7 Å². The van der Waals surface area contributed by atoms with Crippen molar-refractivity contribution in [3.8, 4) is 0 Å². The predicted octanol–water partition coefficient (Wildman–Crippen LogP) is 0.662. The van der Waals surface area contributed by atoms with Crippen molar-refractivity contribution >= 4 is 5.91 Å². The molecule has 2 aliphatic rings. The van der Waals surface area contributed by atoms with Crippen LogP contribution in [0.4, 0.5) is 0 Å². The Balaban J connectivity index is 1.84. The van der Waals surface area contributed by atoms with Gasteiger partial charge in [0.15, 0.2) is 0 Å². The molecule has 5 nitrogen and oxygen atoms in total. The minimum Gasteiger partial charge on any atom is -0.381 e. The molecule has 1 heterocycles. The molecule has 5 heteroatoms. The first-order chi connectivity index (χ1) is 9.04. The van der Waals surface area contributed by atoms with Gasteiger partial charge in [0.25, 0.3) is 0 Å². The van der Waals surface area contributed by atoms with Crippen LogP contribution in [0.3, 0.4) is 0 Å². The zero-order valence-corrected chi connectivity index (χ0v) is 11.7. The first-order valence-corrected chi connectivity index (χ1v) is 7.48. The second kappa shape index (κ2) is 6.20. The predicted molar refractivity (Wildman–Crippen MR) is 74.6 cm³/mol. The third-order valence-corrected chi connectivity index (χ3v) is 4.54. The normalized spacial score (nSPS) is 26.4. The summed E-state index contributed by atoms with van der Waals surface area (Å²) in [4.78, 5) is 12.2. The van der Waals surface area contributed by atoms with Crippen LogP contribution < -0.4 is 16.8 Å². The molecule has 0 radical (unpaired) electrons. The quantitative estimate of drug-likeness (QED) is 0.657. The SMILES string of the molecule is NC1(CNC(=O)C2(N)CCOCC2)CCCCCC1. The largest absolute Gasteiger partial charge is 0.381 e. The number of carbonyl (C=O) groups is 1. The fourth-order valence-electron chi connectivity index (χ4n) is 3.00. The number of carbonyl (C=O) groups excluding carboxylic acids is 1. The molecule has 2 fully saturated rings. The molecule has 5 N–H and O–H groups in total. The van der Waals surface area contributed by atoms with Crippen molar-refractivity contribution in [3.05, 3.63) is 0 Å². The summed E-state index contributed by atoms with van der Waals surface area (Å²) < 4.78 is 5.26. The van der Waals surface area contributed by atoms with Gasteiger partial charge >= 0.3 is 0 Å². The fraction of sp³-hybridized carbons (Fsp3) is 0.929. The third kappa shape index (κ3) is 3.91. The molecule has 1 saturated carbocycles. The Kier molecular flexibility index (Phi) is 4.81. The lowest BCUT2D eigenvalue weighted by molar-refractivity contribution is -0.130. The second-order valence-electron chi connectivity index (χ2n) is 6.23. The van der Waals surface area contributed by atoms with Crippen molar-refractivity contribution in [1.29, 1.82) is 0 Å². The van der Waals surface area contributed by atoms with Crippen LogP contribution in [-0.2, 0) is 9.53 Å². The van der Waals surface area contributed by atoms with E-state index >= 15 is 0 Å². The van der Waals surface area contributed by atoms with Crippen molar-refractivity contribution in [2.45, 2.75) is 62.4 Å². The lowest BCUT2D eigenvalue weighted by Gasteiger charge is -2.34. The summed E-state index contributed by atoms with van der Waals surface area (Å²) in [6.45, 7) is 1.68. The van der Waals surface area contributed by atoms with Crippen LogP contribution in [0.15, 0.2) is 0 Å². The Morgan fingerprint density at radius 2 is 1.58 bits per heavy atom. The number of ether oxygens (including phenoxy) is 1. The minimum absolute atomic E-state index is 0.0649. The fourth-order valence-corrected chi connectivity index (χ4v) is 3.00. The maximum atomic E-state index is 12.2. The zero-order chi connectivity index (χ0) is 13.8. The highest BCUT2D eigenvalue weighted by atomic mass is 16.5. The van der Waals surface area contributed by atoms with E-state index in [1.165, 1.54) is 12.8 Å². The summed E-state index contributed by atoms with van der Waals surface area (Å²) >= 11 is 0. The van der Waals surface area contributed by atoms with Crippen molar-refractivity contribution < 1.29 is 9.53 Å². The van der Waals surface area contributed by atoms with E-state index in [9.17, 15) is 4.79 Å². The van der Waals surface area contributed by atoms with Crippen LogP contribution in [0.1, 0.15) is 51.4 Å². The summed E-state index contributed by atoms with van der Waals surface area (Å²) in [5, 5.41) is 2.99. The molecule has 0 aromatic heterocycles. The van der Waals surface area contributed by atoms with Crippen molar-refractivity contribution in [3.63, 3.8) is 0 Å². The van der Waals surface area contributed by atoms with Crippen molar-refractivity contribution in [2.75, 3.05) is 19.8 Å². The topological polar surface area (TPSA) is 90.4 Å². The van der Waals surface area contributed by atoms with Gasteiger partial charge < -0.3 is 21.5 Å². The molecule has 0 spiro atoms. The molecule has 0 aromatic carbocycles. The molecule has 1 aliphatic heterocycles. The third-order valence-electron chi connectivity index (χ3n) is 4.54. The van der Waals surface area contributed by atoms with Gasteiger partial charge in [0, 0.05) is 25.3 Å². The molecule has 110 valence electrons. The van der Waals surface area contributed by atoms with Gasteiger partial charge in [0.2, 0.25) is 5.91 Å². The summed E-state index contributed by atoms with van der Waals surface area (Å²) in [6.07, 6.45) is 8.01. The van der Waals surface area contributed by atoms with Gasteiger partial charge in [-0.1, -0.05) is 25.7 Å². The smallest absolute Gasteiger partial charge is 0.240 e. The Labute approximate surface area is 115 Å². The van der Waals surface area contributed by atoms with Crippen LogP contribution in [0, 0.1) is 0 Å². The average Bonchev–Trinajstić information content (AvgIpc) is 2.62. The number of nitrogens with two attached hydrogens (primary N) is 2. The molecular formula is C14H27N3O2. The van der Waals surface area contributed by atoms with Crippen LogP contribution in [0.5, 0.6) is 0 Å². The van der Waals surface area contributed by atoms with Crippen LogP contribution in [0.25, 0.3) is 0 Å². The summed E-state index contributed by atoms with van der Waals surface area (Å²) in [7, 11) is 0. The molecule has 0 atom stereocenters. The Bertz CT molecular complexity index is 306. The summed E-state index contributed by atoms with van der Waals surface area (Å²) in [5.41, 5.74) is 11.6. The Morgan fingerprint density at radius 3 is 2.16 bits per heavy atom. The highest BCUT2D eigenvalue weighted by molar-refractivity contribution is 5.86. The molecule has 1 saturated heterocycles. The molecule has 0 bridgehead atoms. The van der Waals surface area contributed by atoms with Gasteiger partial charge in [-0.25, -0.2) is 0 Å². The maximum Gasteiger partial charge on any atom is 0.240 e. The van der Waals surface area contributed by atoms with Gasteiger partial charge in [-0.2, -0.15) is 0 Å². The maximum absolute atomic E-state index is 12.2. The van der Waals surface area contributed by atoms with Crippen molar-refractivity contribution in [2.24, 2.45) is 11.5 Å². The molecular weight excluding hydrogens is 242 g/mol. The van der Waals surface area contributed by atoms with Crippen LogP contribution in [-0.4, -0.2) is 36.7 Å². The zero-order valence-electron chi connectivity index (χ0n) is 11.7.